The average molecular weight is 292 g/mol. The maximum absolute atomic E-state index is 11.7. The highest BCUT2D eigenvalue weighted by atomic mass is 16.5. The van der Waals surface area contributed by atoms with Gasteiger partial charge in [0.15, 0.2) is 0 Å². The van der Waals surface area contributed by atoms with Gasteiger partial charge < -0.3 is 15.4 Å². The third-order valence-electron chi connectivity index (χ3n) is 4.53. The fourth-order valence-electron chi connectivity index (χ4n) is 3.32. The van der Waals surface area contributed by atoms with E-state index in [-0.39, 0.29) is 18.0 Å². The fourth-order valence-corrected chi connectivity index (χ4v) is 3.32. The summed E-state index contributed by atoms with van der Waals surface area (Å²) in [6.45, 7) is 2.82. The highest BCUT2D eigenvalue weighted by molar-refractivity contribution is 5.77. The number of carbonyl (C=O) groups excluding carboxylic acids is 1. The van der Waals surface area contributed by atoms with Crippen LogP contribution in [0.2, 0.25) is 0 Å². The van der Waals surface area contributed by atoms with Crippen LogP contribution in [0.1, 0.15) is 44.3 Å². The maximum Gasteiger partial charge on any atom is 0.220 e. The summed E-state index contributed by atoms with van der Waals surface area (Å²) in [5.41, 5.74) is 1.06. The number of aryl methyl sites for hydroxylation is 1. The fraction of sp³-hybridized carbons (Fsp3) is 0.733. The molecule has 2 fully saturated rings. The van der Waals surface area contributed by atoms with Crippen LogP contribution in [-0.2, 0) is 16.6 Å². The van der Waals surface area contributed by atoms with Crippen molar-refractivity contribution >= 4 is 5.91 Å². The van der Waals surface area contributed by atoms with Gasteiger partial charge in [-0.1, -0.05) is 0 Å². The van der Waals surface area contributed by atoms with Crippen LogP contribution < -0.4 is 10.6 Å². The predicted octanol–water partition coefficient (Wildman–Crippen LogP) is 0.897. The SMILES string of the molecule is CCOC1CC(N[C@@H]2CCC(=O)N[C@H]2c2ccnn2C)C1. The first-order valence-corrected chi connectivity index (χ1v) is 7.82. The zero-order chi connectivity index (χ0) is 14.8. The van der Waals surface area contributed by atoms with Gasteiger partial charge in [-0.25, -0.2) is 0 Å². The molecule has 0 spiro atoms. The molecule has 1 aromatic rings. The molecule has 1 aromatic heterocycles. The van der Waals surface area contributed by atoms with Gasteiger partial charge >= 0.3 is 0 Å². The Labute approximate surface area is 125 Å². The number of rotatable bonds is 5. The average Bonchev–Trinajstić information content (AvgIpc) is 2.84. The summed E-state index contributed by atoms with van der Waals surface area (Å²) in [5, 5.41) is 11.0. The third-order valence-corrected chi connectivity index (χ3v) is 4.53. The second-order valence-corrected chi connectivity index (χ2v) is 5.98. The van der Waals surface area contributed by atoms with E-state index in [1.165, 1.54) is 0 Å². The van der Waals surface area contributed by atoms with Gasteiger partial charge in [0.2, 0.25) is 5.91 Å². The van der Waals surface area contributed by atoms with Gasteiger partial charge in [-0.15, -0.1) is 0 Å². The summed E-state index contributed by atoms with van der Waals surface area (Å²) in [4.78, 5) is 11.7. The Morgan fingerprint density at radius 2 is 2.33 bits per heavy atom. The second kappa shape index (κ2) is 6.15. The lowest BCUT2D eigenvalue weighted by atomic mass is 9.86. The van der Waals surface area contributed by atoms with E-state index in [4.69, 9.17) is 4.74 Å². The minimum Gasteiger partial charge on any atom is -0.378 e. The topological polar surface area (TPSA) is 68.2 Å². The number of ether oxygens (including phenoxy) is 1. The Kier molecular flexibility index (Phi) is 4.26. The molecule has 1 saturated carbocycles. The summed E-state index contributed by atoms with van der Waals surface area (Å²) in [6, 6.07) is 2.75. The molecule has 1 aliphatic carbocycles. The summed E-state index contributed by atoms with van der Waals surface area (Å²) < 4.78 is 7.45. The monoisotopic (exact) mass is 292 g/mol. The van der Waals surface area contributed by atoms with Gasteiger partial charge in [0.05, 0.1) is 17.8 Å². The van der Waals surface area contributed by atoms with E-state index in [1.54, 1.807) is 6.20 Å². The van der Waals surface area contributed by atoms with Crippen molar-refractivity contribution in [3.8, 4) is 0 Å². The van der Waals surface area contributed by atoms with E-state index in [9.17, 15) is 4.79 Å². The summed E-state index contributed by atoms with van der Waals surface area (Å²) in [7, 11) is 1.92. The number of hydrogen-bond acceptors (Lipinski definition) is 4. The quantitative estimate of drug-likeness (QED) is 0.846. The summed E-state index contributed by atoms with van der Waals surface area (Å²) >= 11 is 0. The van der Waals surface area contributed by atoms with E-state index < -0.39 is 0 Å². The van der Waals surface area contributed by atoms with Gasteiger partial charge in [-0.2, -0.15) is 5.10 Å². The van der Waals surface area contributed by atoms with Crippen LogP contribution in [0.4, 0.5) is 0 Å². The van der Waals surface area contributed by atoms with Crippen molar-refractivity contribution < 1.29 is 9.53 Å². The maximum atomic E-state index is 11.7. The highest BCUT2D eigenvalue weighted by Crippen LogP contribution is 2.29. The van der Waals surface area contributed by atoms with E-state index in [1.807, 2.05) is 24.7 Å². The molecule has 0 aromatic carbocycles. The molecule has 0 bridgehead atoms. The molecule has 0 radical (unpaired) electrons. The molecule has 116 valence electrons. The number of amides is 1. The molecule has 2 aliphatic rings. The molecule has 1 amide bonds. The first-order valence-electron chi connectivity index (χ1n) is 7.82. The normalized spacial score (nSPS) is 32.6. The zero-order valence-corrected chi connectivity index (χ0v) is 12.7. The van der Waals surface area contributed by atoms with Crippen molar-refractivity contribution in [1.82, 2.24) is 20.4 Å². The lowest BCUT2D eigenvalue weighted by Gasteiger charge is -2.41. The van der Waals surface area contributed by atoms with E-state index >= 15 is 0 Å². The molecule has 3 rings (SSSR count). The number of aromatic nitrogens is 2. The van der Waals surface area contributed by atoms with Crippen LogP contribution in [0.3, 0.4) is 0 Å². The lowest BCUT2D eigenvalue weighted by Crippen LogP contribution is -2.56. The van der Waals surface area contributed by atoms with E-state index in [2.05, 4.69) is 15.7 Å². The Morgan fingerprint density at radius 3 is 3.00 bits per heavy atom. The van der Waals surface area contributed by atoms with Gasteiger partial charge in [0, 0.05) is 38.4 Å². The molecule has 2 N–H and O–H groups in total. The van der Waals surface area contributed by atoms with Crippen molar-refractivity contribution in [2.24, 2.45) is 7.05 Å². The molecule has 1 saturated heterocycles. The van der Waals surface area contributed by atoms with Crippen LogP contribution in [-0.4, -0.2) is 40.5 Å². The van der Waals surface area contributed by atoms with Crippen molar-refractivity contribution in [2.45, 2.75) is 56.8 Å². The Balaban J connectivity index is 1.63. The number of nitrogens with one attached hydrogen (secondary N) is 2. The van der Waals surface area contributed by atoms with Gasteiger partial charge in [0.25, 0.3) is 0 Å². The van der Waals surface area contributed by atoms with Crippen LogP contribution in [0.5, 0.6) is 0 Å². The minimum absolute atomic E-state index is 0.00453. The molecule has 2 heterocycles. The second-order valence-electron chi connectivity index (χ2n) is 5.98. The number of nitrogens with zero attached hydrogens (tertiary/aromatic N) is 2. The van der Waals surface area contributed by atoms with Gasteiger partial charge in [0.1, 0.15) is 0 Å². The molecular weight excluding hydrogens is 268 g/mol. The van der Waals surface area contributed by atoms with Gasteiger partial charge in [-0.05, 0) is 32.3 Å². The van der Waals surface area contributed by atoms with Crippen LogP contribution in [0.25, 0.3) is 0 Å². The standard InChI is InChI=1S/C15H24N4O2/c1-3-21-11-8-10(9-11)17-12-4-5-14(20)18-15(12)13-6-7-16-19(13)2/h6-7,10-12,15,17H,3-5,8-9H2,1-2H3,(H,18,20)/t10?,11?,12-,15-/m1/s1. The first-order chi connectivity index (χ1) is 10.2. The lowest BCUT2D eigenvalue weighted by molar-refractivity contribution is -0.124. The molecule has 0 unspecified atom stereocenters. The Hall–Kier alpha value is -1.40. The van der Waals surface area contributed by atoms with E-state index in [0.717, 1.165) is 31.6 Å². The molecule has 6 nitrogen and oxygen atoms in total. The van der Waals surface area contributed by atoms with Gasteiger partial charge in [-0.3, -0.25) is 9.48 Å². The predicted molar refractivity (Wildman–Crippen MR) is 78.7 cm³/mol. The Morgan fingerprint density at radius 1 is 1.52 bits per heavy atom. The number of hydrogen-bond donors (Lipinski definition) is 2. The van der Waals surface area contributed by atoms with Crippen LogP contribution in [0.15, 0.2) is 12.3 Å². The van der Waals surface area contributed by atoms with Crippen LogP contribution >= 0.6 is 0 Å². The number of piperidine rings is 1. The number of carbonyl (C=O) groups is 1. The first kappa shape index (κ1) is 14.5. The van der Waals surface area contributed by atoms with Crippen LogP contribution in [0, 0.1) is 0 Å². The molecule has 1 aliphatic heterocycles. The van der Waals surface area contributed by atoms with Crippen molar-refractivity contribution in [3.05, 3.63) is 18.0 Å². The van der Waals surface area contributed by atoms with Crippen molar-refractivity contribution in [2.75, 3.05) is 6.61 Å². The zero-order valence-electron chi connectivity index (χ0n) is 12.7. The van der Waals surface area contributed by atoms with Crippen molar-refractivity contribution in [1.29, 1.82) is 0 Å². The minimum atomic E-state index is 0.00453. The van der Waals surface area contributed by atoms with E-state index in [0.29, 0.717) is 18.6 Å². The largest absolute Gasteiger partial charge is 0.378 e. The third kappa shape index (κ3) is 3.11. The molecule has 6 heteroatoms. The smallest absolute Gasteiger partial charge is 0.220 e. The molecule has 2 atom stereocenters. The summed E-state index contributed by atoms with van der Waals surface area (Å²) in [5.74, 6) is 0.125. The Bertz CT molecular complexity index is 496. The molecular formula is C15H24N4O2. The van der Waals surface area contributed by atoms with Crippen molar-refractivity contribution in [3.63, 3.8) is 0 Å². The highest BCUT2D eigenvalue weighted by Gasteiger charge is 2.36. The summed E-state index contributed by atoms with van der Waals surface area (Å²) in [6.07, 6.45) is 5.78. The molecule has 21 heavy (non-hydrogen) atoms.